The molecule has 3 aromatic rings. The molecule has 1 atom stereocenters. The summed E-state index contributed by atoms with van der Waals surface area (Å²) in [4.78, 5) is 10.9. The lowest BCUT2D eigenvalue weighted by Gasteiger charge is -2.34. The largest absolute Gasteiger partial charge is 0.480 e. The molecule has 0 amide bonds. The molecule has 0 radical (unpaired) electrons. The predicted octanol–water partition coefficient (Wildman–Crippen LogP) is 3.08. The van der Waals surface area contributed by atoms with Crippen LogP contribution in [0.25, 0.3) is 0 Å². The summed E-state index contributed by atoms with van der Waals surface area (Å²) in [6, 6.07) is 33.2. The monoisotopic (exact) mass is 435 g/mol. The Morgan fingerprint density at radius 1 is 0.800 bits per heavy atom. The Bertz CT molecular complexity index is 810. The summed E-state index contributed by atoms with van der Waals surface area (Å²) in [6.45, 7) is 0. The summed E-state index contributed by atoms with van der Waals surface area (Å²) >= 11 is 1.64. The van der Waals surface area contributed by atoms with Gasteiger partial charge in [-0.05, 0) is 33.8 Å². The van der Waals surface area contributed by atoms with Crippen molar-refractivity contribution in [2.75, 3.05) is 11.5 Å². The van der Waals surface area contributed by atoms with Crippen LogP contribution in [0.2, 0.25) is 6.04 Å². The van der Waals surface area contributed by atoms with Gasteiger partial charge >= 0.3 is 5.97 Å². The number of carboxylic acid groups (broad SMARTS) is 1. The van der Waals surface area contributed by atoms with Gasteiger partial charge < -0.3 is 10.8 Å². The number of carbonyl (C=O) groups is 1. The molecule has 3 rings (SSSR count). The van der Waals surface area contributed by atoms with E-state index in [9.17, 15) is 4.79 Å². The fraction of sp³-hybridized carbons (Fsp3) is 0.240. The van der Waals surface area contributed by atoms with Gasteiger partial charge in [-0.2, -0.15) is 11.8 Å². The number of thioether (sulfide) groups is 1. The van der Waals surface area contributed by atoms with Crippen LogP contribution < -0.4 is 21.3 Å². The summed E-state index contributed by atoms with van der Waals surface area (Å²) < 4.78 is 0. The first-order valence-corrected chi connectivity index (χ1v) is 13.7. The van der Waals surface area contributed by atoms with Gasteiger partial charge in [-0.25, -0.2) is 0 Å². The quantitative estimate of drug-likeness (QED) is 0.276. The van der Waals surface area contributed by atoms with Crippen molar-refractivity contribution in [3.8, 4) is 0 Å². The summed E-state index contributed by atoms with van der Waals surface area (Å²) in [5.74, 6) is 0.476. The lowest BCUT2D eigenvalue weighted by Crippen LogP contribution is -2.66. The van der Waals surface area contributed by atoms with Crippen molar-refractivity contribution in [1.29, 1.82) is 0 Å². The average Bonchev–Trinajstić information content (AvgIpc) is 2.80. The molecule has 0 fully saturated rings. The highest BCUT2D eigenvalue weighted by molar-refractivity contribution is 7.99. The normalized spacial score (nSPS) is 12.4. The number of aliphatic carboxylic acids is 1. The fourth-order valence-corrected chi connectivity index (χ4v) is 9.88. The summed E-state index contributed by atoms with van der Waals surface area (Å²) in [5.41, 5.74) is 5.61. The Kier molecular flexibility index (Phi) is 8.31. The van der Waals surface area contributed by atoms with E-state index in [1.54, 1.807) is 11.8 Å². The van der Waals surface area contributed by atoms with Crippen molar-refractivity contribution in [3.05, 3.63) is 91.0 Å². The SMILES string of the molecule is NC(CSCCCC[Si](c1ccccc1)(c1ccccc1)c1ccccc1)C(=O)O. The van der Waals surface area contributed by atoms with Gasteiger partial charge in [0.2, 0.25) is 0 Å². The molecule has 0 aliphatic rings. The molecule has 0 saturated heterocycles. The minimum absolute atomic E-state index is 0.466. The molecule has 0 aliphatic heterocycles. The molecule has 0 spiro atoms. The third-order valence-corrected chi connectivity index (χ3v) is 11.7. The van der Waals surface area contributed by atoms with Gasteiger partial charge in [-0.3, -0.25) is 4.79 Å². The van der Waals surface area contributed by atoms with Crippen LogP contribution in [0.3, 0.4) is 0 Å². The smallest absolute Gasteiger partial charge is 0.321 e. The summed E-state index contributed by atoms with van der Waals surface area (Å²) in [7, 11) is -2.15. The molecular formula is C25H29NO2SSi. The van der Waals surface area contributed by atoms with Gasteiger partial charge in [0.05, 0.1) is 0 Å². The standard InChI is InChI=1S/C25H29NO2SSi/c26-24(25(27)28)20-29-18-10-11-19-30(21-12-4-1-5-13-21,22-14-6-2-7-15-22)23-16-8-3-9-17-23/h1-9,12-17,24H,10-11,18-20,26H2,(H,27,28). The predicted molar refractivity (Wildman–Crippen MR) is 131 cm³/mol. The second-order valence-corrected chi connectivity index (χ2v) is 12.7. The Morgan fingerprint density at radius 3 is 1.63 bits per heavy atom. The maximum atomic E-state index is 10.9. The molecular weight excluding hydrogens is 406 g/mol. The number of hydrogen-bond acceptors (Lipinski definition) is 3. The van der Waals surface area contributed by atoms with Gasteiger partial charge in [-0.1, -0.05) is 97.4 Å². The van der Waals surface area contributed by atoms with Crippen molar-refractivity contribution in [1.82, 2.24) is 0 Å². The third kappa shape index (κ3) is 5.42. The molecule has 0 heterocycles. The zero-order chi connectivity index (χ0) is 21.2. The van der Waals surface area contributed by atoms with Gasteiger partial charge in [0.15, 0.2) is 0 Å². The van der Waals surface area contributed by atoms with E-state index in [0.29, 0.717) is 5.75 Å². The molecule has 3 N–H and O–H groups in total. The van der Waals surface area contributed by atoms with Gasteiger partial charge in [0.25, 0.3) is 0 Å². The lowest BCUT2D eigenvalue weighted by atomic mass is 10.3. The molecule has 0 bridgehead atoms. The van der Waals surface area contributed by atoms with Crippen molar-refractivity contribution in [2.24, 2.45) is 5.73 Å². The second kappa shape index (κ2) is 11.2. The third-order valence-electron chi connectivity index (χ3n) is 5.50. The molecule has 0 aliphatic carbocycles. The average molecular weight is 436 g/mol. The van der Waals surface area contributed by atoms with Gasteiger partial charge in [-0.15, -0.1) is 0 Å². The second-order valence-electron chi connectivity index (χ2n) is 7.48. The van der Waals surface area contributed by atoms with Crippen LogP contribution in [0.15, 0.2) is 91.0 Å². The van der Waals surface area contributed by atoms with E-state index in [1.165, 1.54) is 15.6 Å². The van der Waals surface area contributed by atoms with E-state index in [-0.39, 0.29) is 0 Å². The number of rotatable bonds is 11. The number of unbranched alkanes of at least 4 members (excludes halogenated alkanes) is 1. The fourth-order valence-electron chi connectivity index (χ4n) is 3.98. The van der Waals surface area contributed by atoms with Crippen molar-refractivity contribution in [2.45, 2.75) is 24.9 Å². The summed E-state index contributed by atoms with van der Waals surface area (Å²) in [6.07, 6.45) is 2.15. The van der Waals surface area contributed by atoms with E-state index in [1.807, 2.05) is 0 Å². The molecule has 0 aromatic heterocycles. The molecule has 3 nitrogen and oxygen atoms in total. The molecule has 5 heteroatoms. The first-order chi connectivity index (χ1) is 14.6. The van der Waals surface area contributed by atoms with Crippen LogP contribution in [0, 0.1) is 0 Å². The van der Waals surface area contributed by atoms with E-state index in [0.717, 1.165) is 24.6 Å². The van der Waals surface area contributed by atoms with E-state index in [2.05, 4.69) is 91.0 Å². The highest BCUT2D eigenvalue weighted by atomic mass is 32.2. The van der Waals surface area contributed by atoms with Gasteiger partial charge in [0.1, 0.15) is 14.1 Å². The van der Waals surface area contributed by atoms with E-state index < -0.39 is 20.1 Å². The van der Waals surface area contributed by atoms with Crippen LogP contribution in [0.1, 0.15) is 12.8 Å². The molecule has 1 unspecified atom stereocenters. The van der Waals surface area contributed by atoms with E-state index in [4.69, 9.17) is 10.8 Å². The van der Waals surface area contributed by atoms with E-state index >= 15 is 0 Å². The van der Waals surface area contributed by atoms with Crippen molar-refractivity contribution >= 4 is 41.4 Å². The van der Waals surface area contributed by atoms with Crippen LogP contribution in [-0.4, -0.2) is 36.7 Å². The Hall–Kier alpha value is -2.34. The number of hydrogen-bond donors (Lipinski definition) is 2. The lowest BCUT2D eigenvalue weighted by molar-refractivity contribution is -0.137. The summed E-state index contributed by atoms with van der Waals surface area (Å²) in [5, 5.41) is 13.2. The van der Waals surface area contributed by atoms with Crippen LogP contribution in [-0.2, 0) is 4.79 Å². The highest BCUT2D eigenvalue weighted by Gasteiger charge is 2.38. The van der Waals surface area contributed by atoms with Crippen LogP contribution >= 0.6 is 11.8 Å². The molecule has 30 heavy (non-hydrogen) atoms. The first kappa shape index (κ1) is 22.3. The zero-order valence-corrected chi connectivity index (χ0v) is 18.9. The minimum atomic E-state index is -2.15. The van der Waals surface area contributed by atoms with Crippen molar-refractivity contribution in [3.63, 3.8) is 0 Å². The maximum Gasteiger partial charge on any atom is 0.321 e. The maximum absolute atomic E-state index is 10.9. The Morgan fingerprint density at radius 2 is 1.23 bits per heavy atom. The van der Waals surface area contributed by atoms with Crippen LogP contribution in [0.5, 0.6) is 0 Å². The number of benzene rings is 3. The zero-order valence-electron chi connectivity index (χ0n) is 17.1. The highest BCUT2D eigenvalue weighted by Crippen LogP contribution is 2.18. The minimum Gasteiger partial charge on any atom is -0.480 e. The first-order valence-electron chi connectivity index (χ1n) is 10.4. The molecule has 0 saturated carbocycles. The topological polar surface area (TPSA) is 63.3 Å². The molecule has 3 aromatic carbocycles. The van der Waals surface area contributed by atoms with Gasteiger partial charge in [0, 0.05) is 5.75 Å². The number of nitrogens with two attached hydrogens (primary N) is 1. The van der Waals surface area contributed by atoms with Crippen molar-refractivity contribution < 1.29 is 9.90 Å². The van der Waals surface area contributed by atoms with Crippen LogP contribution in [0.4, 0.5) is 0 Å². The number of carboxylic acids is 1. The Balaban J connectivity index is 1.84. The Labute approximate surface area is 184 Å². The molecule has 156 valence electrons.